The van der Waals surface area contributed by atoms with E-state index in [-0.39, 0.29) is 11.4 Å². The Labute approximate surface area is 264 Å². The zero-order chi connectivity index (χ0) is 33.6. The van der Waals surface area contributed by atoms with Gasteiger partial charge in [-0.25, -0.2) is 0 Å². The predicted octanol–water partition coefficient (Wildman–Crippen LogP) is 9.91. The van der Waals surface area contributed by atoms with E-state index in [1.165, 1.54) is 13.8 Å². The molecule has 0 amide bonds. The fourth-order valence-corrected chi connectivity index (χ4v) is 4.51. The maximum absolute atomic E-state index is 9.82. The van der Waals surface area contributed by atoms with E-state index < -0.39 is 0 Å². The topological polar surface area (TPSA) is 65.8 Å². The molecule has 1 aromatic carbocycles. The number of nitrogens with zero attached hydrogens (tertiary/aromatic N) is 3. The van der Waals surface area contributed by atoms with Crippen molar-refractivity contribution in [3.63, 3.8) is 0 Å². The van der Waals surface area contributed by atoms with Crippen molar-refractivity contribution in [2.75, 3.05) is 21.1 Å². The van der Waals surface area contributed by atoms with Crippen LogP contribution in [-0.4, -0.2) is 53.7 Å². The number of aryl methyl sites for hydroxylation is 2. The van der Waals surface area contributed by atoms with Gasteiger partial charge in [-0.05, 0) is 88.3 Å². The lowest BCUT2D eigenvalue weighted by molar-refractivity contribution is -0.115. The van der Waals surface area contributed by atoms with Crippen LogP contribution >= 0.6 is 0 Å². The molecule has 0 fully saturated rings. The number of Topliss-reactive ketones (excluding diaryl/α,β-unsaturated/α-hetero) is 1. The molecule has 0 aliphatic heterocycles. The number of rotatable bonds is 11. The fourth-order valence-electron chi connectivity index (χ4n) is 4.51. The first-order chi connectivity index (χ1) is 20.3. The minimum Gasteiger partial charge on any atom is -0.390 e. The van der Waals surface area contributed by atoms with Crippen molar-refractivity contribution in [2.45, 2.75) is 107 Å². The molecule has 0 atom stereocenters. The highest BCUT2D eigenvalue weighted by Crippen LogP contribution is 2.29. The molecule has 0 bridgehead atoms. The first-order valence-electron chi connectivity index (χ1n) is 15.7. The van der Waals surface area contributed by atoms with Gasteiger partial charge >= 0.3 is 0 Å². The van der Waals surface area contributed by atoms with Crippen LogP contribution in [0.5, 0.6) is 0 Å². The van der Waals surface area contributed by atoms with Gasteiger partial charge in [-0.15, -0.1) is 0 Å². The SMILES string of the molecule is C=C/C(=C\N(C)C)c1cccc(-c2nc(C)c(/C(C=NC)=C/C)cc2C)c1.CC.CC(C)=O.CCCC(O)(CC)CCC. The second-order valence-electron chi connectivity index (χ2n) is 10.7. The molecule has 240 valence electrons. The third-order valence-corrected chi connectivity index (χ3v) is 6.47. The van der Waals surface area contributed by atoms with Gasteiger partial charge in [0.1, 0.15) is 5.78 Å². The molecule has 43 heavy (non-hydrogen) atoms. The molecular weight excluding hydrogens is 530 g/mol. The Bertz CT molecular complexity index is 1180. The summed E-state index contributed by atoms with van der Waals surface area (Å²) in [5.74, 6) is 0.167. The van der Waals surface area contributed by atoms with Gasteiger partial charge < -0.3 is 14.8 Å². The summed E-state index contributed by atoms with van der Waals surface area (Å²) in [6.07, 6.45) is 12.9. The Morgan fingerprint density at radius 3 is 2.02 bits per heavy atom. The second kappa shape index (κ2) is 23.2. The Morgan fingerprint density at radius 2 is 1.60 bits per heavy atom. The van der Waals surface area contributed by atoms with Crippen molar-refractivity contribution in [3.05, 3.63) is 77.6 Å². The third kappa shape index (κ3) is 16.2. The van der Waals surface area contributed by atoms with Crippen LogP contribution in [0.15, 0.2) is 60.3 Å². The Balaban J connectivity index is 0. The number of aliphatic imine (C=N–C) groups is 1. The van der Waals surface area contributed by atoms with E-state index in [1.54, 1.807) is 7.05 Å². The van der Waals surface area contributed by atoms with Crippen LogP contribution in [0.4, 0.5) is 0 Å². The lowest BCUT2D eigenvalue weighted by Gasteiger charge is -2.25. The van der Waals surface area contributed by atoms with E-state index in [9.17, 15) is 9.90 Å². The largest absolute Gasteiger partial charge is 0.390 e. The first-order valence-corrected chi connectivity index (χ1v) is 15.7. The van der Waals surface area contributed by atoms with Crippen LogP contribution in [0.25, 0.3) is 22.4 Å². The molecule has 0 saturated carbocycles. The first kappa shape index (κ1) is 41.8. The summed E-state index contributed by atoms with van der Waals surface area (Å²) in [5.41, 5.74) is 8.34. The van der Waals surface area contributed by atoms with E-state index in [1.807, 2.05) is 52.1 Å². The number of benzene rings is 1. The minimum atomic E-state index is -0.358. The Hall–Kier alpha value is -3.31. The molecule has 0 aliphatic carbocycles. The number of pyridine rings is 1. The maximum Gasteiger partial charge on any atom is 0.126 e. The molecule has 1 aromatic heterocycles. The highest BCUT2D eigenvalue weighted by molar-refractivity contribution is 6.10. The number of hydrogen-bond acceptors (Lipinski definition) is 5. The van der Waals surface area contributed by atoms with E-state index in [2.05, 4.69) is 88.8 Å². The monoisotopic (exact) mass is 591 g/mol. The van der Waals surface area contributed by atoms with Gasteiger partial charge in [0.25, 0.3) is 0 Å². The number of ketones is 1. The van der Waals surface area contributed by atoms with Crippen molar-refractivity contribution in [1.29, 1.82) is 0 Å². The number of allylic oxidation sites excluding steroid dienone is 4. The van der Waals surface area contributed by atoms with E-state index in [0.717, 1.165) is 76.9 Å². The van der Waals surface area contributed by atoms with Crippen molar-refractivity contribution >= 4 is 23.1 Å². The van der Waals surface area contributed by atoms with Crippen molar-refractivity contribution in [2.24, 2.45) is 4.99 Å². The quantitative estimate of drug-likeness (QED) is 0.209. The molecule has 0 saturated heterocycles. The molecule has 0 aliphatic rings. The van der Waals surface area contributed by atoms with Crippen molar-refractivity contribution < 1.29 is 9.90 Å². The molecule has 2 aromatic rings. The highest BCUT2D eigenvalue weighted by Gasteiger charge is 2.21. The van der Waals surface area contributed by atoms with Gasteiger partial charge in [-0.1, -0.05) is 84.4 Å². The van der Waals surface area contributed by atoms with Gasteiger partial charge in [0.15, 0.2) is 0 Å². The summed E-state index contributed by atoms with van der Waals surface area (Å²) in [5, 5.41) is 9.82. The van der Waals surface area contributed by atoms with Crippen LogP contribution in [0.2, 0.25) is 0 Å². The molecule has 1 N–H and O–H groups in total. The normalized spacial score (nSPS) is 11.4. The zero-order valence-electron chi connectivity index (χ0n) is 29.6. The summed E-state index contributed by atoms with van der Waals surface area (Å²) >= 11 is 0. The van der Waals surface area contributed by atoms with Gasteiger partial charge in [0, 0.05) is 50.4 Å². The Kier molecular flexibility index (Phi) is 22.5. The van der Waals surface area contributed by atoms with E-state index in [4.69, 9.17) is 4.98 Å². The van der Waals surface area contributed by atoms with Gasteiger partial charge in [-0.2, -0.15) is 0 Å². The van der Waals surface area contributed by atoms with Crippen LogP contribution in [-0.2, 0) is 4.79 Å². The summed E-state index contributed by atoms with van der Waals surface area (Å²) in [6, 6.07) is 10.7. The average Bonchev–Trinajstić information content (AvgIpc) is 2.97. The van der Waals surface area contributed by atoms with Crippen LogP contribution in [0, 0.1) is 13.8 Å². The predicted molar refractivity (Wildman–Crippen MR) is 192 cm³/mol. The standard InChI is InChI=1S/C24H29N3.C9H20O.C3H6O.C2H6/c1-8-19(15-25-5)23-13-17(3)24(26-18(23)4)22-12-10-11-21(14-22)20(9-2)16-27(6)7;1-4-7-9(10,6-3)8-5-2;1-3(2)4;1-2/h8-16H,2H2,1,3-7H3;10H,4-8H2,1-3H3;1-2H3;1-2H3/b19-8+,20-16+,25-15?;;;. The third-order valence-electron chi connectivity index (χ3n) is 6.47. The van der Waals surface area contributed by atoms with Crippen LogP contribution < -0.4 is 0 Å². The molecular formula is C38H61N3O2. The number of hydrogen-bond donors (Lipinski definition) is 1. The highest BCUT2D eigenvalue weighted by atomic mass is 16.3. The number of aromatic nitrogens is 1. The Morgan fingerprint density at radius 1 is 1.05 bits per heavy atom. The summed E-state index contributed by atoms with van der Waals surface area (Å²) in [4.78, 5) is 20.6. The number of aliphatic hydroxyl groups is 1. The summed E-state index contributed by atoms with van der Waals surface area (Å²) in [7, 11) is 5.82. The molecule has 0 unspecified atom stereocenters. The van der Waals surface area contributed by atoms with Gasteiger partial charge in [0.2, 0.25) is 0 Å². The average molecular weight is 592 g/mol. The van der Waals surface area contributed by atoms with Gasteiger partial charge in [0.05, 0.1) is 11.3 Å². The summed E-state index contributed by atoms with van der Waals surface area (Å²) in [6.45, 7) is 23.5. The zero-order valence-corrected chi connectivity index (χ0v) is 29.6. The lowest BCUT2D eigenvalue weighted by Crippen LogP contribution is -2.26. The van der Waals surface area contributed by atoms with Crippen LogP contribution in [0.1, 0.15) is 110 Å². The lowest BCUT2D eigenvalue weighted by atomic mass is 9.90. The number of carbonyl (C=O) groups is 1. The van der Waals surface area contributed by atoms with E-state index in [0.29, 0.717) is 0 Å². The molecule has 5 heteroatoms. The number of carbonyl (C=O) groups excluding carboxylic acids is 1. The van der Waals surface area contributed by atoms with Crippen molar-refractivity contribution in [3.8, 4) is 11.3 Å². The van der Waals surface area contributed by atoms with Gasteiger partial charge in [-0.3, -0.25) is 9.98 Å². The molecule has 0 radical (unpaired) electrons. The summed E-state index contributed by atoms with van der Waals surface area (Å²) < 4.78 is 0. The molecule has 2 rings (SSSR count). The van der Waals surface area contributed by atoms with Crippen LogP contribution in [0.3, 0.4) is 0 Å². The van der Waals surface area contributed by atoms with Crippen molar-refractivity contribution in [1.82, 2.24) is 9.88 Å². The second-order valence-corrected chi connectivity index (χ2v) is 10.7. The maximum atomic E-state index is 9.82. The molecule has 0 spiro atoms. The van der Waals surface area contributed by atoms with E-state index >= 15 is 0 Å². The minimum absolute atomic E-state index is 0.167. The fraction of sp³-hybridized carbons (Fsp3) is 0.500. The molecule has 1 heterocycles. The smallest absolute Gasteiger partial charge is 0.126 e. The molecule has 5 nitrogen and oxygen atoms in total.